The first-order chi connectivity index (χ1) is 19.2. The second kappa shape index (κ2) is 12.8. The number of amides is 1. The van der Waals surface area contributed by atoms with Crippen molar-refractivity contribution in [1.29, 1.82) is 0 Å². The minimum Gasteiger partial charge on any atom is -0.497 e. The third kappa shape index (κ3) is 6.35. The quantitative estimate of drug-likeness (QED) is 0.173. The average molecular weight is 585 g/mol. The fourth-order valence-electron chi connectivity index (χ4n) is 4.00. The second-order valence-electron chi connectivity index (χ2n) is 8.49. The van der Waals surface area contributed by atoms with Gasteiger partial charge in [-0.25, -0.2) is 4.39 Å². The van der Waals surface area contributed by atoms with Crippen LogP contribution < -0.4 is 19.1 Å². The molecule has 1 heterocycles. The number of esters is 1. The van der Waals surface area contributed by atoms with E-state index in [0.29, 0.717) is 34.9 Å². The molecule has 1 aliphatic heterocycles. The Morgan fingerprint density at radius 2 is 1.82 bits per heavy atom. The zero-order chi connectivity index (χ0) is 28.8. The lowest BCUT2D eigenvalue weighted by atomic mass is 10.1. The molecule has 0 spiro atoms. The van der Waals surface area contributed by atoms with Crippen LogP contribution in [0.1, 0.15) is 18.1 Å². The highest BCUT2D eigenvalue weighted by Gasteiger charge is 2.40. The highest BCUT2D eigenvalue weighted by Crippen LogP contribution is 2.39. The predicted octanol–water partition coefficient (Wildman–Crippen LogP) is 5.61. The van der Waals surface area contributed by atoms with Crippen molar-refractivity contribution >= 4 is 52.6 Å². The van der Waals surface area contributed by atoms with Crippen LogP contribution in [-0.2, 0) is 20.9 Å². The van der Waals surface area contributed by atoms with Gasteiger partial charge in [-0.15, -0.1) is 0 Å². The van der Waals surface area contributed by atoms with Gasteiger partial charge in [-0.2, -0.15) is 0 Å². The third-order valence-corrected chi connectivity index (χ3v) is 6.57. The molecule has 4 rings (SSSR count). The number of halogens is 2. The molecule has 40 heavy (non-hydrogen) atoms. The molecular weight excluding hydrogens is 559 g/mol. The summed E-state index contributed by atoms with van der Waals surface area (Å²) in [5, 5.41) is 0.326. The van der Waals surface area contributed by atoms with Crippen LogP contribution in [0.25, 0.3) is 6.08 Å². The van der Waals surface area contributed by atoms with E-state index in [1.54, 1.807) is 68.6 Å². The Morgan fingerprint density at radius 1 is 1.07 bits per heavy atom. The van der Waals surface area contributed by atoms with Gasteiger partial charge in [0, 0.05) is 0 Å². The molecule has 208 valence electrons. The van der Waals surface area contributed by atoms with Crippen LogP contribution in [0.15, 0.2) is 66.4 Å². The third-order valence-electron chi connectivity index (χ3n) is 5.89. The van der Waals surface area contributed by atoms with Crippen LogP contribution >= 0.6 is 23.8 Å². The number of anilines is 1. The minimum absolute atomic E-state index is 0.0640. The normalized spacial score (nSPS) is 14.1. The van der Waals surface area contributed by atoms with Gasteiger partial charge in [-0.05, 0) is 84.9 Å². The average Bonchev–Trinajstić information content (AvgIpc) is 3.16. The van der Waals surface area contributed by atoms with Crippen molar-refractivity contribution in [1.82, 2.24) is 4.90 Å². The maximum absolute atomic E-state index is 13.6. The standard InChI is InChI=1S/C29H26ClFN2O6S/c1-4-38-25-15-19(13-23(30)27(25)39-17-18-6-5-7-20(31)12-18)14-24-28(35)33(21-8-10-22(36-2)11-9-21)29(40)32(24)16-26(34)37-3/h5-15H,4,16-17H2,1-3H3/b24-14-. The molecule has 3 aromatic rings. The number of carbonyl (C=O) groups excluding carboxylic acids is 2. The lowest BCUT2D eigenvalue weighted by molar-refractivity contribution is -0.140. The van der Waals surface area contributed by atoms with Crippen LogP contribution in [0.3, 0.4) is 0 Å². The molecule has 0 bridgehead atoms. The van der Waals surface area contributed by atoms with Gasteiger partial charge >= 0.3 is 5.97 Å². The Bertz CT molecular complexity index is 1460. The maximum atomic E-state index is 13.6. The van der Waals surface area contributed by atoms with E-state index < -0.39 is 11.9 Å². The van der Waals surface area contributed by atoms with E-state index in [4.69, 9.17) is 42.8 Å². The fourth-order valence-corrected chi connectivity index (χ4v) is 4.63. The zero-order valence-corrected chi connectivity index (χ0v) is 23.6. The number of hydrogen-bond donors (Lipinski definition) is 0. The smallest absolute Gasteiger partial charge is 0.325 e. The molecule has 1 fully saturated rings. The van der Waals surface area contributed by atoms with Crippen molar-refractivity contribution in [3.05, 3.63) is 88.3 Å². The van der Waals surface area contributed by atoms with Gasteiger partial charge in [0.05, 0.1) is 31.5 Å². The molecule has 0 N–H and O–H groups in total. The van der Waals surface area contributed by atoms with Gasteiger partial charge in [0.2, 0.25) is 0 Å². The number of carbonyl (C=O) groups is 2. The summed E-state index contributed by atoms with van der Waals surface area (Å²) >= 11 is 12.2. The van der Waals surface area contributed by atoms with E-state index in [1.165, 1.54) is 29.0 Å². The van der Waals surface area contributed by atoms with Gasteiger partial charge in [-0.1, -0.05) is 23.7 Å². The lowest BCUT2D eigenvalue weighted by Gasteiger charge is -2.19. The number of ether oxygens (including phenoxy) is 4. The summed E-state index contributed by atoms with van der Waals surface area (Å²) in [7, 11) is 2.80. The molecule has 1 amide bonds. The Kier molecular flexibility index (Phi) is 9.23. The number of hydrogen-bond acceptors (Lipinski definition) is 7. The highest BCUT2D eigenvalue weighted by atomic mass is 35.5. The largest absolute Gasteiger partial charge is 0.497 e. The van der Waals surface area contributed by atoms with Crippen molar-refractivity contribution in [2.75, 3.05) is 32.3 Å². The summed E-state index contributed by atoms with van der Waals surface area (Å²) in [5.41, 5.74) is 1.76. The molecule has 0 saturated carbocycles. The summed E-state index contributed by atoms with van der Waals surface area (Å²) in [4.78, 5) is 28.6. The summed E-state index contributed by atoms with van der Waals surface area (Å²) in [6.45, 7) is 1.91. The Balaban J connectivity index is 1.70. The summed E-state index contributed by atoms with van der Waals surface area (Å²) in [6, 6.07) is 16.1. The number of benzene rings is 3. The molecule has 0 unspecified atom stereocenters. The molecule has 1 saturated heterocycles. The van der Waals surface area contributed by atoms with Gasteiger partial charge in [-0.3, -0.25) is 14.5 Å². The molecule has 0 atom stereocenters. The van der Waals surface area contributed by atoms with E-state index in [2.05, 4.69) is 0 Å². The molecule has 3 aromatic carbocycles. The fraction of sp³-hybridized carbons (Fsp3) is 0.207. The molecule has 8 nitrogen and oxygen atoms in total. The molecule has 1 aliphatic rings. The highest BCUT2D eigenvalue weighted by molar-refractivity contribution is 7.80. The summed E-state index contributed by atoms with van der Waals surface area (Å²) in [5.74, 6) is -0.182. The number of methoxy groups -OCH3 is 2. The van der Waals surface area contributed by atoms with E-state index in [9.17, 15) is 14.0 Å². The molecular formula is C29H26ClFN2O6S. The van der Waals surface area contributed by atoms with Gasteiger partial charge in [0.1, 0.15) is 30.4 Å². The SMILES string of the molecule is CCOc1cc(/C=C2/C(=O)N(c3ccc(OC)cc3)C(=S)N2CC(=O)OC)cc(Cl)c1OCc1cccc(F)c1. The van der Waals surface area contributed by atoms with E-state index in [1.807, 2.05) is 0 Å². The van der Waals surface area contributed by atoms with Gasteiger partial charge < -0.3 is 23.8 Å². The maximum Gasteiger partial charge on any atom is 0.325 e. The van der Waals surface area contributed by atoms with E-state index >= 15 is 0 Å². The monoisotopic (exact) mass is 584 g/mol. The van der Waals surface area contributed by atoms with Crippen molar-refractivity contribution < 1.29 is 32.9 Å². The predicted molar refractivity (Wildman–Crippen MR) is 153 cm³/mol. The number of nitrogens with zero attached hydrogens (tertiary/aromatic N) is 2. The Labute approximate surface area is 241 Å². The van der Waals surface area contributed by atoms with Crippen LogP contribution in [-0.4, -0.2) is 49.3 Å². The van der Waals surface area contributed by atoms with Crippen molar-refractivity contribution in [3.8, 4) is 17.2 Å². The Hall–Kier alpha value is -4.15. The molecule has 0 radical (unpaired) electrons. The van der Waals surface area contributed by atoms with E-state index in [-0.39, 0.29) is 40.6 Å². The van der Waals surface area contributed by atoms with Gasteiger partial charge in [0.15, 0.2) is 16.6 Å². The molecule has 0 aromatic heterocycles. The van der Waals surface area contributed by atoms with Crippen LogP contribution in [0.5, 0.6) is 17.2 Å². The summed E-state index contributed by atoms with van der Waals surface area (Å²) < 4.78 is 35.3. The van der Waals surface area contributed by atoms with Gasteiger partial charge in [0.25, 0.3) is 5.91 Å². The van der Waals surface area contributed by atoms with Crippen LogP contribution in [0.4, 0.5) is 10.1 Å². The van der Waals surface area contributed by atoms with Crippen LogP contribution in [0, 0.1) is 5.82 Å². The zero-order valence-electron chi connectivity index (χ0n) is 22.0. The minimum atomic E-state index is -0.577. The number of thiocarbonyl (C=S) groups is 1. The lowest BCUT2D eigenvalue weighted by Crippen LogP contribution is -2.35. The summed E-state index contributed by atoms with van der Waals surface area (Å²) in [6.07, 6.45) is 1.56. The van der Waals surface area contributed by atoms with Crippen molar-refractivity contribution in [3.63, 3.8) is 0 Å². The second-order valence-corrected chi connectivity index (χ2v) is 9.27. The van der Waals surface area contributed by atoms with Crippen molar-refractivity contribution in [2.24, 2.45) is 0 Å². The first-order valence-corrected chi connectivity index (χ1v) is 13.0. The number of rotatable bonds is 10. The topological polar surface area (TPSA) is 77.5 Å². The first-order valence-electron chi connectivity index (χ1n) is 12.2. The first kappa shape index (κ1) is 28.8. The molecule has 0 aliphatic carbocycles. The Morgan fingerprint density at radius 3 is 2.48 bits per heavy atom. The molecule has 11 heteroatoms. The van der Waals surface area contributed by atoms with E-state index in [0.717, 1.165) is 0 Å². The van der Waals surface area contributed by atoms with Crippen molar-refractivity contribution in [2.45, 2.75) is 13.5 Å². The van der Waals surface area contributed by atoms with Crippen LogP contribution in [0.2, 0.25) is 5.02 Å².